The van der Waals surface area contributed by atoms with Gasteiger partial charge in [0.1, 0.15) is 77.4 Å². The van der Waals surface area contributed by atoms with Gasteiger partial charge in [-0.1, -0.05) is 50.2 Å². The standard InChI is InChI=1S/C71H86N14O23S/c1-34(2)59(77-36(4)86)68(105)85-26-10-14-51(85)67(104)75-33-55(90)79-46(21-23-54(72)89)62(99)82-48(27-37-11-6-5-7-12-37)65(102)84-50(32-58(95)96)66(103)83-49(31-57(93)94)64(101)76-35(3)61(98)81-47(22-24-56(91)92)63(100)80-45(60(73)97)13-8-9-25-74-70(109)78-38-15-18-42-41(28-38)69(106)108-71(42)43-19-16-39(87)29-52(43)107-53-30-40(88)17-20-44(53)71/h5-7,11-12,15-20,28-30,34-35,45-51,59,87-88H,8-10,13-14,21-27,31-33H2,1-4H3,(H2,72,89)(H2,73,97)(H,75,104)(H,76,101)(H,77,86)(H,79,90)(H,80,100)(H,81,98)(H,82,99)(H,83,103)(H,84,102)(H,91,92)(H,93,94)(H,95,96)(H2,74,78,109)/t35-,45-,46-,47-,48-,49-,50-,51-,59-/m0/s1. The second-order valence-corrected chi connectivity index (χ2v) is 26.8. The van der Waals surface area contributed by atoms with Gasteiger partial charge < -0.3 is 110 Å². The van der Waals surface area contributed by atoms with Crippen molar-refractivity contribution in [1.29, 1.82) is 0 Å². The number of carbonyl (C=O) groups is 16. The normalized spacial score (nSPS) is 15.7. The van der Waals surface area contributed by atoms with Gasteiger partial charge in [0, 0.05) is 73.8 Å². The molecule has 12 amide bonds. The largest absolute Gasteiger partial charge is 0.508 e. The molecule has 9 atom stereocenters. The van der Waals surface area contributed by atoms with Crippen LogP contribution in [0, 0.1) is 5.92 Å². The first-order chi connectivity index (χ1) is 51.5. The zero-order chi connectivity index (χ0) is 80.1. The van der Waals surface area contributed by atoms with E-state index in [2.05, 4.69) is 58.5 Å². The van der Waals surface area contributed by atoms with Gasteiger partial charge in [0.15, 0.2) is 10.7 Å². The maximum atomic E-state index is 14.3. The van der Waals surface area contributed by atoms with Gasteiger partial charge >= 0.3 is 23.9 Å². The van der Waals surface area contributed by atoms with Crippen molar-refractivity contribution in [3.05, 3.63) is 113 Å². The second-order valence-electron chi connectivity index (χ2n) is 26.4. The van der Waals surface area contributed by atoms with E-state index in [0.29, 0.717) is 40.8 Å². The Balaban J connectivity index is 0.936. The maximum absolute atomic E-state index is 14.3. The van der Waals surface area contributed by atoms with Gasteiger partial charge in [-0.2, -0.15) is 0 Å². The van der Waals surface area contributed by atoms with Crippen LogP contribution in [0.25, 0.3) is 0 Å². The fourth-order valence-corrected chi connectivity index (χ4v) is 12.6. The van der Waals surface area contributed by atoms with Crippen LogP contribution in [-0.4, -0.2) is 204 Å². The van der Waals surface area contributed by atoms with Gasteiger partial charge in [-0.15, -0.1) is 0 Å². The third kappa shape index (κ3) is 23.0. The number of benzene rings is 4. The highest BCUT2D eigenvalue weighted by Crippen LogP contribution is 2.57. The number of rotatable bonds is 38. The number of nitrogens with zero attached hydrogens (tertiary/aromatic N) is 1. The van der Waals surface area contributed by atoms with Crippen LogP contribution >= 0.6 is 12.2 Å². The molecule has 1 spiro atoms. The van der Waals surface area contributed by atoms with Crippen LogP contribution in [0.1, 0.15) is 131 Å². The number of phenolic OH excluding ortho intramolecular Hbond substituents is 2. The van der Waals surface area contributed by atoms with Crippen LogP contribution in [0.5, 0.6) is 23.0 Å². The Morgan fingerprint density at radius 1 is 0.596 bits per heavy atom. The molecule has 3 aliphatic rings. The molecule has 0 bridgehead atoms. The molecular formula is C71H86N14O23S. The lowest BCUT2D eigenvalue weighted by molar-refractivity contribution is -0.143. The minimum Gasteiger partial charge on any atom is -0.508 e. The summed E-state index contributed by atoms with van der Waals surface area (Å²) in [5, 5.41) is 76.8. The summed E-state index contributed by atoms with van der Waals surface area (Å²) in [7, 11) is 0. The van der Waals surface area contributed by atoms with E-state index in [1.807, 2.05) is 0 Å². The van der Waals surface area contributed by atoms with Crippen LogP contribution < -0.4 is 74.7 Å². The number of amides is 12. The minimum absolute atomic E-state index is 0.0810. The van der Waals surface area contributed by atoms with Gasteiger partial charge in [0.2, 0.25) is 70.9 Å². The molecule has 1 saturated heterocycles. The highest BCUT2D eigenvalue weighted by Gasteiger charge is 2.54. The molecule has 3 aliphatic heterocycles. The van der Waals surface area contributed by atoms with Gasteiger partial charge in [0.05, 0.1) is 24.9 Å². The predicted molar refractivity (Wildman–Crippen MR) is 385 cm³/mol. The number of aliphatic carboxylic acids is 3. The fraction of sp³-hybridized carbons (Fsp3) is 0.423. The first-order valence-corrected chi connectivity index (χ1v) is 35.0. The fourth-order valence-electron chi connectivity index (χ4n) is 12.3. The summed E-state index contributed by atoms with van der Waals surface area (Å²) in [6.45, 7) is 5.32. The lowest BCUT2D eigenvalue weighted by Gasteiger charge is -2.36. The Labute approximate surface area is 627 Å². The van der Waals surface area contributed by atoms with E-state index in [-0.39, 0.29) is 78.4 Å². The summed E-state index contributed by atoms with van der Waals surface area (Å²) in [6.07, 6.45) is -4.05. The molecule has 584 valence electrons. The van der Waals surface area contributed by atoms with E-state index in [9.17, 15) is 102 Å². The number of aromatic hydroxyl groups is 2. The zero-order valence-electron chi connectivity index (χ0n) is 59.6. The second kappa shape index (κ2) is 38.2. The molecule has 37 nitrogen and oxygen atoms in total. The van der Waals surface area contributed by atoms with Crippen molar-refractivity contribution < 1.29 is 112 Å². The van der Waals surface area contributed by atoms with Crippen molar-refractivity contribution in [2.75, 3.05) is 25.0 Å². The average Bonchev–Trinajstić information content (AvgIpc) is 1.58. The Bertz CT molecular complexity index is 4150. The number of carboxylic acid groups (broad SMARTS) is 3. The van der Waals surface area contributed by atoms with Crippen LogP contribution in [0.3, 0.4) is 0 Å². The SMILES string of the molecule is CC(=O)N[C@H](C(=O)N1CCC[C@H]1C(=O)NCC(=O)N[C@@H](CCC(N)=O)C(=O)N[C@@H](Cc1ccccc1)C(=O)N[C@@H](CC(=O)O)C(=O)N[C@@H](CC(=O)O)C(=O)N[C@@H](C)C(=O)N[C@@H](CCC(=O)O)C(=O)N[C@@H](CCCCNC(=S)Nc1ccc2c(c1)C(=O)OC21c2ccc(O)cc2Oc2cc(O)ccc21)C(N)=O)C(C)C. The number of primary amides is 2. The van der Waals surface area contributed by atoms with Crippen molar-refractivity contribution in [2.24, 2.45) is 17.4 Å². The summed E-state index contributed by atoms with van der Waals surface area (Å²) in [5.74, 6) is -17.9. The van der Waals surface area contributed by atoms with E-state index in [4.69, 9.17) is 33.2 Å². The number of phenols is 2. The van der Waals surface area contributed by atoms with E-state index < -0.39 is 200 Å². The quantitative estimate of drug-likeness (QED) is 0.0140. The number of thiocarbonyl (C=S) groups is 1. The number of nitrogens with one attached hydrogen (secondary N) is 11. The van der Waals surface area contributed by atoms with Crippen molar-refractivity contribution in [3.8, 4) is 23.0 Å². The third-order valence-electron chi connectivity index (χ3n) is 17.8. The molecule has 7 rings (SSSR count). The number of esters is 1. The lowest BCUT2D eigenvalue weighted by atomic mass is 9.77. The van der Waals surface area contributed by atoms with Gasteiger partial charge in [-0.3, -0.25) is 71.9 Å². The number of ether oxygens (including phenoxy) is 2. The number of likely N-dealkylation sites (tertiary alicyclic amines) is 1. The molecule has 4 aromatic carbocycles. The number of anilines is 1. The zero-order valence-corrected chi connectivity index (χ0v) is 60.4. The summed E-state index contributed by atoms with van der Waals surface area (Å²) in [5.41, 5.74) is 11.8. The van der Waals surface area contributed by atoms with Gasteiger partial charge in [-0.25, -0.2) is 4.79 Å². The first kappa shape index (κ1) is 83.8. The summed E-state index contributed by atoms with van der Waals surface area (Å²) in [4.78, 5) is 212. The van der Waals surface area contributed by atoms with Crippen molar-refractivity contribution >= 4 is 118 Å². The molecule has 109 heavy (non-hydrogen) atoms. The van der Waals surface area contributed by atoms with Crippen LogP contribution in [-0.2, 0) is 88.7 Å². The molecule has 0 saturated carbocycles. The predicted octanol–water partition coefficient (Wildman–Crippen LogP) is -1.39. The Hall–Kier alpha value is -12.5. The molecular weight excluding hydrogens is 1450 g/mol. The van der Waals surface area contributed by atoms with E-state index in [1.165, 1.54) is 54.3 Å². The number of carbonyl (C=O) groups excluding carboxylic acids is 13. The smallest absolute Gasteiger partial charge is 0.340 e. The number of carboxylic acids is 3. The monoisotopic (exact) mass is 1530 g/mol. The third-order valence-corrected chi connectivity index (χ3v) is 18.0. The van der Waals surface area contributed by atoms with Gasteiger partial charge in [-0.05, 0) is 112 Å². The van der Waals surface area contributed by atoms with Crippen molar-refractivity contribution in [1.82, 2.24) is 58.1 Å². The molecule has 0 aliphatic carbocycles. The number of hydrogen-bond acceptors (Lipinski definition) is 21. The van der Waals surface area contributed by atoms with E-state index in [0.717, 1.165) is 6.92 Å². The van der Waals surface area contributed by atoms with Crippen molar-refractivity contribution in [2.45, 2.75) is 165 Å². The molecule has 38 heteroatoms. The molecule has 0 aromatic heterocycles. The molecule has 3 heterocycles. The molecule has 20 N–H and O–H groups in total. The average molecular weight is 1540 g/mol. The van der Waals surface area contributed by atoms with E-state index >= 15 is 0 Å². The Kier molecular flexibility index (Phi) is 29.3. The summed E-state index contributed by atoms with van der Waals surface area (Å²) >= 11 is 5.51. The minimum atomic E-state index is -2.15. The summed E-state index contributed by atoms with van der Waals surface area (Å²) in [6, 6.07) is 6.86. The highest BCUT2D eigenvalue weighted by atomic mass is 32.1. The molecule has 0 unspecified atom stereocenters. The van der Waals surface area contributed by atoms with Crippen LogP contribution in [0.15, 0.2) is 84.9 Å². The van der Waals surface area contributed by atoms with Crippen molar-refractivity contribution in [3.63, 3.8) is 0 Å². The number of unbranched alkanes of at least 4 members (excludes halogenated alkanes) is 1. The number of fused-ring (bicyclic) bond motifs is 6. The number of hydrogen-bond donors (Lipinski definition) is 18. The number of nitrogens with two attached hydrogens (primary N) is 2. The van der Waals surface area contributed by atoms with E-state index in [1.54, 1.807) is 56.3 Å². The first-order valence-electron chi connectivity index (χ1n) is 34.6. The van der Waals surface area contributed by atoms with Crippen LogP contribution in [0.4, 0.5) is 5.69 Å². The molecule has 1 fully saturated rings. The van der Waals surface area contributed by atoms with Gasteiger partial charge in [0.25, 0.3) is 0 Å². The molecule has 4 aromatic rings. The Morgan fingerprint density at radius 3 is 1.71 bits per heavy atom. The Morgan fingerprint density at radius 2 is 1.14 bits per heavy atom. The van der Waals surface area contributed by atoms with Crippen LogP contribution in [0.2, 0.25) is 0 Å². The molecule has 0 radical (unpaired) electrons. The topological polar surface area (TPSA) is 580 Å². The lowest BCUT2D eigenvalue weighted by Crippen LogP contribution is -2.60. The highest BCUT2D eigenvalue weighted by molar-refractivity contribution is 7.80. The maximum Gasteiger partial charge on any atom is 0.340 e. The summed E-state index contributed by atoms with van der Waals surface area (Å²) < 4.78 is 12.1.